The van der Waals surface area contributed by atoms with Crippen molar-refractivity contribution in [3.63, 3.8) is 0 Å². The van der Waals surface area contributed by atoms with Crippen LogP contribution in [0.5, 0.6) is 5.75 Å². The summed E-state index contributed by atoms with van der Waals surface area (Å²) in [6, 6.07) is 21.1. The monoisotopic (exact) mass is 515 g/mol. The first-order chi connectivity index (χ1) is 17.3. The van der Waals surface area contributed by atoms with E-state index in [1.807, 2.05) is 36.5 Å². The number of benzene rings is 3. The van der Waals surface area contributed by atoms with Gasteiger partial charge in [0.25, 0.3) is 0 Å². The number of aromatic hydroxyl groups is 1. The van der Waals surface area contributed by atoms with Crippen molar-refractivity contribution in [3.05, 3.63) is 88.5 Å². The van der Waals surface area contributed by atoms with Gasteiger partial charge in [0, 0.05) is 22.5 Å². The zero-order valence-electron chi connectivity index (χ0n) is 24.4. The highest BCUT2D eigenvalue weighted by Gasteiger charge is 2.35. The number of phenolic OH excluding ortho intramolecular Hbond substituents is 1. The molecule has 0 saturated carbocycles. The van der Waals surface area contributed by atoms with Crippen molar-refractivity contribution in [2.45, 2.75) is 97.6 Å². The second-order valence-electron chi connectivity index (χ2n) is 12.6. The Morgan fingerprint density at radius 3 is 2.08 bits per heavy atom. The standard InChI is InChI=1S/C34H46NOP/c1-10-11-20-34(9,29-22-26(32(3,4)5)21-28(30(29)36)33(6,7)8)37-31-24(2)16-15-17-25(31)23-35-27-18-13-12-14-19-27/h12-19,21-23,36-37H,10-11,20H2,1-9H3/b35-23+. The van der Waals surface area contributed by atoms with E-state index in [0.717, 1.165) is 41.6 Å². The van der Waals surface area contributed by atoms with E-state index in [1.165, 1.54) is 16.4 Å². The highest BCUT2D eigenvalue weighted by molar-refractivity contribution is 7.49. The number of para-hydroxylation sites is 1. The normalized spacial score (nSPS) is 14.5. The van der Waals surface area contributed by atoms with Crippen molar-refractivity contribution in [2.24, 2.45) is 4.99 Å². The van der Waals surface area contributed by atoms with Crippen molar-refractivity contribution in [2.75, 3.05) is 0 Å². The quantitative estimate of drug-likeness (QED) is 0.235. The summed E-state index contributed by atoms with van der Waals surface area (Å²) in [5.41, 5.74) is 6.65. The van der Waals surface area contributed by atoms with Crippen molar-refractivity contribution in [1.29, 1.82) is 0 Å². The molecule has 0 aliphatic carbocycles. The fourth-order valence-electron chi connectivity index (χ4n) is 4.76. The minimum Gasteiger partial charge on any atom is -0.507 e. The number of aliphatic imine (C=N–C) groups is 1. The zero-order valence-corrected chi connectivity index (χ0v) is 25.4. The van der Waals surface area contributed by atoms with Gasteiger partial charge in [0.1, 0.15) is 5.75 Å². The number of rotatable bonds is 8. The van der Waals surface area contributed by atoms with Crippen LogP contribution in [0.2, 0.25) is 0 Å². The van der Waals surface area contributed by atoms with Crippen LogP contribution in [0.15, 0.2) is 65.7 Å². The Balaban J connectivity index is 2.19. The first-order valence-corrected chi connectivity index (χ1v) is 14.6. The van der Waals surface area contributed by atoms with Gasteiger partial charge < -0.3 is 5.11 Å². The Kier molecular flexibility index (Phi) is 9.07. The molecule has 2 nitrogen and oxygen atoms in total. The molecule has 0 heterocycles. The van der Waals surface area contributed by atoms with Gasteiger partial charge in [-0.15, -0.1) is 0 Å². The summed E-state index contributed by atoms with van der Waals surface area (Å²) in [6.07, 6.45) is 5.28. The molecule has 0 spiro atoms. The first-order valence-electron chi connectivity index (χ1n) is 13.6. The van der Waals surface area contributed by atoms with E-state index in [9.17, 15) is 5.11 Å². The molecule has 3 rings (SSSR count). The van der Waals surface area contributed by atoms with Crippen LogP contribution in [-0.2, 0) is 16.0 Å². The van der Waals surface area contributed by atoms with Gasteiger partial charge in [-0.05, 0) is 58.3 Å². The predicted molar refractivity (Wildman–Crippen MR) is 165 cm³/mol. The summed E-state index contributed by atoms with van der Waals surface area (Å²) in [6.45, 7) is 20.2. The average molecular weight is 516 g/mol. The molecule has 0 fully saturated rings. The molecular weight excluding hydrogens is 469 g/mol. The fourth-order valence-corrected chi connectivity index (χ4v) is 6.51. The average Bonchev–Trinajstić information content (AvgIpc) is 2.82. The number of unbranched alkanes of at least 4 members (excludes halogenated alkanes) is 1. The maximum absolute atomic E-state index is 11.8. The van der Waals surface area contributed by atoms with Gasteiger partial charge in [-0.3, -0.25) is 4.99 Å². The SMILES string of the molecule is CCCCC(C)(Pc1c(C)cccc1/C=N/c1ccccc1)c1cc(C(C)(C)C)cc(C(C)(C)C)c1O. The highest BCUT2D eigenvalue weighted by atomic mass is 31.1. The van der Waals surface area contributed by atoms with E-state index in [-0.39, 0.29) is 16.0 Å². The molecule has 0 bridgehead atoms. The minimum atomic E-state index is -0.192. The molecule has 0 saturated heterocycles. The van der Waals surface area contributed by atoms with Gasteiger partial charge in [0.05, 0.1) is 5.69 Å². The third-order valence-corrected chi connectivity index (χ3v) is 9.23. The largest absolute Gasteiger partial charge is 0.507 e. The highest BCUT2D eigenvalue weighted by Crippen LogP contribution is 2.52. The fraction of sp³-hybridized carbons (Fsp3) is 0.441. The maximum Gasteiger partial charge on any atom is 0.123 e. The molecule has 37 heavy (non-hydrogen) atoms. The minimum absolute atomic E-state index is 0.00655. The molecule has 0 aromatic heterocycles. The molecule has 0 aliphatic rings. The molecule has 0 radical (unpaired) electrons. The van der Waals surface area contributed by atoms with Gasteiger partial charge in [-0.1, -0.05) is 125 Å². The van der Waals surface area contributed by atoms with Crippen LogP contribution < -0.4 is 5.30 Å². The second-order valence-corrected chi connectivity index (χ2v) is 14.5. The van der Waals surface area contributed by atoms with Crippen molar-refractivity contribution < 1.29 is 5.11 Å². The van der Waals surface area contributed by atoms with Crippen LogP contribution in [0.3, 0.4) is 0 Å². The van der Waals surface area contributed by atoms with Gasteiger partial charge in [-0.2, -0.15) is 0 Å². The number of aryl methyl sites for hydroxylation is 1. The summed E-state index contributed by atoms with van der Waals surface area (Å²) < 4.78 is 0. The predicted octanol–water partition coefficient (Wildman–Crippen LogP) is 9.46. The van der Waals surface area contributed by atoms with E-state index < -0.39 is 0 Å². The lowest BCUT2D eigenvalue weighted by atomic mass is 9.77. The lowest BCUT2D eigenvalue weighted by molar-refractivity contribution is 0.425. The Morgan fingerprint density at radius 1 is 0.838 bits per heavy atom. The molecular formula is C34H46NOP. The number of hydrogen-bond acceptors (Lipinski definition) is 2. The maximum atomic E-state index is 11.8. The molecule has 3 heteroatoms. The molecule has 0 amide bonds. The lowest BCUT2D eigenvalue weighted by Gasteiger charge is -2.36. The van der Waals surface area contributed by atoms with Crippen LogP contribution in [0.4, 0.5) is 5.69 Å². The smallest absolute Gasteiger partial charge is 0.123 e. The number of hydrogen-bond donors (Lipinski definition) is 1. The summed E-state index contributed by atoms with van der Waals surface area (Å²) in [5.74, 6) is 0.472. The number of nitrogens with zero attached hydrogens (tertiary/aromatic N) is 1. The van der Waals surface area contributed by atoms with Crippen molar-refractivity contribution in [3.8, 4) is 5.75 Å². The van der Waals surface area contributed by atoms with Crippen LogP contribution in [-0.4, -0.2) is 11.3 Å². The third-order valence-electron chi connectivity index (χ3n) is 7.22. The third kappa shape index (κ3) is 7.11. The molecule has 0 aliphatic heterocycles. The first kappa shape index (κ1) is 29.1. The Labute approximate surface area is 227 Å². The van der Waals surface area contributed by atoms with Gasteiger partial charge >= 0.3 is 0 Å². The Hall–Kier alpha value is -2.44. The Bertz CT molecular complexity index is 1230. The molecule has 3 aromatic carbocycles. The molecule has 3 aromatic rings. The van der Waals surface area contributed by atoms with Crippen LogP contribution in [0.25, 0.3) is 0 Å². The summed E-state index contributed by atoms with van der Waals surface area (Å²) >= 11 is 0. The summed E-state index contributed by atoms with van der Waals surface area (Å²) in [7, 11) is 0.506. The summed E-state index contributed by atoms with van der Waals surface area (Å²) in [4.78, 5) is 4.78. The van der Waals surface area contributed by atoms with Gasteiger partial charge in [-0.25, -0.2) is 0 Å². The van der Waals surface area contributed by atoms with Crippen molar-refractivity contribution >= 4 is 25.8 Å². The van der Waals surface area contributed by atoms with E-state index in [2.05, 4.69) is 92.6 Å². The van der Waals surface area contributed by atoms with E-state index >= 15 is 0 Å². The summed E-state index contributed by atoms with van der Waals surface area (Å²) in [5, 5.41) is 12.9. The lowest BCUT2D eigenvalue weighted by Crippen LogP contribution is -2.25. The van der Waals surface area contributed by atoms with E-state index in [1.54, 1.807) is 0 Å². The Morgan fingerprint density at radius 2 is 1.49 bits per heavy atom. The molecule has 2 unspecified atom stereocenters. The van der Waals surface area contributed by atoms with Crippen LogP contribution in [0, 0.1) is 6.92 Å². The van der Waals surface area contributed by atoms with Gasteiger partial charge in [0.15, 0.2) is 0 Å². The topological polar surface area (TPSA) is 32.6 Å². The molecule has 1 N–H and O–H groups in total. The van der Waals surface area contributed by atoms with E-state index in [0.29, 0.717) is 14.3 Å². The van der Waals surface area contributed by atoms with Crippen LogP contribution >= 0.6 is 8.58 Å². The molecule has 2 atom stereocenters. The zero-order chi connectivity index (χ0) is 27.4. The van der Waals surface area contributed by atoms with Crippen LogP contribution in [0.1, 0.15) is 102 Å². The number of phenols is 1. The van der Waals surface area contributed by atoms with E-state index in [4.69, 9.17) is 4.99 Å². The second kappa shape index (κ2) is 11.5. The molecule has 198 valence electrons. The van der Waals surface area contributed by atoms with Gasteiger partial charge in [0.2, 0.25) is 0 Å². The van der Waals surface area contributed by atoms with Crippen molar-refractivity contribution in [1.82, 2.24) is 0 Å².